The van der Waals surface area contributed by atoms with Crippen LogP contribution in [0.15, 0.2) is 42.2 Å². The van der Waals surface area contributed by atoms with E-state index in [0.717, 1.165) is 0 Å². The van der Waals surface area contributed by atoms with Gasteiger partial charge >= 0.3 is 51.4 Å². The first kappa shape index (κ1) is 32.2. The van der Waals surface area contributed by atoms with Gasteiger partial charge in [-0.2, -0.15) is 8.42 Å². The molecule has 1 aliphatic heterocycles. The maximum absolute atomic E-state index is 11.8. The van der Waals surface area contributed by atoms with Crippen LogP contribution in [-0.2, 0) is 33.0 Å². The third-order valence-corrected chi connectivity index (χ3v) is 8.47. The minimum atomic E-state index is -4.68. The molecule has 3 aromatic rings. The van der Waals surface area contributed by atoms with Gasteiger partial charge in [-0.15, -0.1) is 0 Å². The summed E-state index contributed by atoms with van der Waals surface area (Å²) in [5, 5.41) is 1.39. The number of aromatic nitrogens is 1. The molecule has 0 amide bonds. The molecule has 9 nitrogen and oxygen atoms in total. The number of anilines is 2. The monoisotopic (exact) mass is 663 g/mol. The Morgan fingerprint density at radius 3 is 2.05 bits per heavy atom. The van der Waals surface area contributed by atoms with Gasteiger partial charge in [0.25, 0.3) is 10.1 Å². The molecular weight excluding hydrogens is 647 g/mol. The summed E-state index contributed by atoms with van der Waals surface area (Å²) in [5.41, 5.74) is 2.19. The molecule has 0 saturated heterocycles. The zero-order valence-electron chi connectivity index (χ0n) is 20.1. The van der Waals surface area contributed by atoms with E-state index in [0.29, 0.717) is 33.8 Å². The van der Waals surface area contributed by atoms with Gasteiger partial charge in [-0.1, -0.05) is 52.5 Å². The summed E-state index contributed by atoms with van der Waals surface area (Å²) in [6, 6.07) is 6.12. The van der Waals surface area contributed by atoms with Crippen LogP contribution < -0.4 is 61.2 Å². The van der Waals surface area contributed by atoms with Crippen molar-refractivity contribution in [3.8, 4) is 0 Å². The Hall–Kier alpha value is -0.324. The van der Waals surface area contributed by atoms with Crippen molar-refractivity contribution in [2.45, 2.75) is 5.75 Å². The van der Waals surface area contributed by atoms with Crippen LogP contribution in [0.3, 0.4) is 0 Å². The quantitative estimate of drug-likeness (QED) is 0.315. The molecule has 0 radical (unpaired) electrons. The van der Waals surface area contributed by atoms with Crippen LogP contribution in [0, 0.1) is 0 Å². The van der Waals surface area contributed by atoms with Crippen LogP contribution >= 0.6 is 46.4 Å². The maximum atomic E-state index is 11.8. The van der Waals surface area contributed by atoms with E-state index >= 15 is 0 Å². The summed E-state index contributed by atoms with van der Waals surface area (Å²) in [5.74, 6) is -1.21. The Kier molecular flexibility index (Phi) is 10.1. The largest absolute Gasteiger partial charge is 1.00 e. The molecule has 16 heteroatoms. The van der Waals surface area contributed by atoms with E-state index in [2.05, 4.69) is 0 Å². The Balaban J connectivity index is 0.00000400. The molecular formula is C22H18Cl4KN3O6S2. The van der Waals surface area contributed by atoms with E-state index < -0.39 is 31.9 Å². The van der Waals surface area contributed by atoms with Crippen molar-refractivity contribution in [2.75, 3.05) is 22.7 Å². The van der Waals surface area contributed by atoms with Crippen LogP contribution in [0.5, 0.6) is 0 Å². The number of fused-ring (bicyclic) bond motifs is 2. The summed E-state index contributed by atoms with van der Waals surface area (Å²) in [7, 11) is -5.74. The minimum absolute atomic E-state index is 0. The van der Waals surface area contributed by atoms with E-state index in [1.165, 1.54) is 17.0 Å². The first-order valence-corrected chi connectivity index (χ1v) is 15.0. The second-order valence-electron chi connectivity index (χ2n) is 8.25. The number of aryl methyl sites for hydroxylation is 1. The van der Waals surface area contributed by atoms with Crippen molar-refractivity contribution in [3.63, 3.8) is 0 Å². The SMILES string of the molecule is CN1/C(=C\C=C\c2c(CS(=O)(=O)O)c3cc(Cl)c(Cl)cc3n2C)N(CS(=O)(=O)[O-])c2cc(Cl)c(Cl)cc21.[K+]. The van der Waals surface area contributed by atoms with Gasteiger partial charge in [-0.05, 0) is 36.4 Å². The minimum Gasteiger partial charge on any atom is -0.747 e. The van der Waals surface area contributed by atoms with Gasteiger partial charge in [-0.25, -0.2) is 8.42 Å². The number of hydrogen-bond acceptors (Lipinski definition) is 7. The fourth-order valence-corrected chi connectivity index (χ4v) is 6.12. The average molecular weight is 665 g/mol. The molecule has 198 valence electrons. The van der Waals surface area contributed by atoms with Gasteiger partial charge in [0.05, 0.1) is 37.0 Å². The smallest absolute Gasteiger partial charge is 0.747 e. The maximum Gasteiger partial charge on any atom is 1.00 e. The predicted octanol–water partition coefficient (Wildman–Crippen LogP) is 2.50. The fourth-order valence-electron chi connectivity index (χ4n) is 4.23. The molecule has 4 rings (SSSR count). The normalized spacial score (nSPS) is 15.1. The van der Waals surface area contributed by atoms with Crippen molar-refractivity contribution < 1.29 is 77.3 Å². The molecule has 2 heterocycles. The first-order chi connectivity index (χ1) is 17.1. The molecule has 1 aliphatic rings. The molecule has 0 fully saturated rings. The zero-order valence-corrected chi connectivity index (χ0v) is 27.9. The van der Waals surface area contributed by atoms with Gasteiger partial charge in [0.15, 0.2) is 0 Å². The molecule has 0 bridgehead atoms. The Morgan fingerprint density at radius 1 is 0.921 bits per heavy atom. The van der Waals surface area contributed by atoms with Gasteiger partial charge in [-0.3, -0.25) is 4.55 Å². The summed E-state index contributed by atoms with van der Waals surface area (Å²) >= 11 is 24.6. The molecule has 0 saturated carbocycles. The molecule has 0 aliphatic carbocycles. The molecule has 0 spiro atoms. The molecule has 1 N–H and O–H groups in total. The number of rotatable bonds is 6. The summed E-state index contributed by atoms with van der Waals surface area (Å²) < 4.78 is 69.7. The van der Waals surface area contributed by atoms with Crippen molar-refractivity contribution in [1.29, 1.82) is 0 Å². The number of benzene rings is 2. The van der Waals surface area contributed by atoms with Crippen LogP contribution in [0.2, 0.25) is 20.1 Å². The average Bonchev–Trinajstić information content (AvgIpc) is 3.13. The number of nitrogens with zero attached hydrogens (tertiary/aromatic N) is 3. The molecule has 2 aromatic carbocycles. The summed E-state index contributed by atoms with van der Waals surface area (Å²) in [6.45, 7) is 0. The zero-order chi connectivity index (χ0) is 27.4. The van der Waals surface area contributed by atoms with Crippen molar-refractivity contribution in [2.24, 2.45) is 7.05 Å². The fraction of sp³-hybridized carbons (Fsp3) is 0.182. The number of allylic oxidation sites excluding steroid dienone is 2. The standard InChI is InChI=1S/C22H19Cl4N3O6S2.K/c1-27-18(13(10-36(30,31)32)12-6-14(23)15(24)7-19(12)27)4-3-5-22-28(2)20-8-16(25)17(26)9-21(20)29(22)11-37(33,34)35;/h3-9H,10-11H2,1-2H3,(H,30,31,32)(H,33,34,35);/q;+1/p-1/b4-3+,22-5+;. The van der Waals surface area contributed by atoms with Crippen molar-refractivity contribution in [1.82, 2.24) is 4.57 Å². The van der Waals surface area contributed by atoms with Crippen LogP contribution in [0.1, 0.15) is 11.3 Å². The van der Waals surface area contributed by atoms with Gasteiger partial charge in [0.1, 0.15) is 27.6 Å². The third-order valence-electron chi connectivity index (χ3n) is 5.80. The van der Waals surface area contributed by atoms with Gasteiger partial charge in [0.2, 0.25) is 0 Å². The van der Waals surface area contributed by atoms with Gasteiger partial charge in [0, 0.05) is 30.7 Å². The number of hydrogen-bond donors (Lipinski definition) is 1. The van der Waals surface area contributed by atoms with E-state index in [9.17, 15) is 25.9 Å². The van der Waals surface area contributed by atoms with Crippen molar-refractivity contribution >= 4 is 95.0 Å². The van der Waals surface area contributed by atoms with Crippen molar-refractivity contribution in [3.05, 3.63) is 73.6 Å². The Morgan fingerprint density at radius 2 is 1.47 bits per heavy atom. The Labute approximate surface area is 282 Å². The molecule has 38 heavy (non-hydrogen) atoms. The summed E-state index contributed by atoms with van der Waals surface area (Å²) in [6.07, 6.45) is 4.67. The van der Waals surface area contributed by atoms with E-state index in [-0.39, 0.29) is 77.0 Å². The van der Waals surface area contributed by atoms with Crippen LogP contribution in [0.4, 0.5) is 11.4 Å². The molecule has 1 aromatic heterocycles. The molecule has 0 atom stereocenters. The number of halogens is 4. The predicted molar refractivity (Wildman–Crippen MR) is 147 cm³/mol. The second-order valence-corrected chi connectivity index (χ2v) is 12.7. The first-order valence-electron chi connectivity index (χ1n) is 10.3. The van der Waals surface area contributed by atoms with Gasteiger partial charge < -0.3 is 18.9 Å². The van der Waals surface area contributed by atoms with E-state index in [1.54, 1.807) is 53.9 Å². The van der Waals surface area contributed by atoms with E-state index in [4.69, 9.17) is 46.4 Å². The van der Waals surface area contributed by atoms with E-state index in [1.807, 2.05) is 0 Å². The second kappa shape index (κ2) is 11.9. The molecule has 0 unspecified atom stereocenters. The summed E-state index contributed by atoms with van der Waals surface area (Å²) in [4.78, 5) is 2.91. The van der Waals surface area contributed by atoms with Crippen LogP contribution in [-0.4, -0.2) is 43.4 Å². The topological polar surface area (TPSA) is 123 Å². The Bertz CT molecular complexity index is 1720. The third kappa shape index (κ3) is 6.76. The van der Waals surface area contributed by atoms with Crippen LogP contribution in [0.25, 0.3) is 17.0 Å².